The van der Waals surface area contributed by atoms with Gasteiger partial charge in [0.15, 0.2) is 0 Å². The van der Waals surface area contributed by atoms with Crippen LogP contribution in [-0.2, 0) is 10.0 Å². The van der Waals surface area contributed by atoms with Crippen LogP contribution in [0, 0.1) is 5.92 Å². The van der Waals surface area contributed by atoms with Gasteiger partial charge in [-0.15, -0.1) is 11.3 Å². The van der Waals surface area contributed by atoms with Gasteiger partial charge in [0.05, 0.1) is 9.39 Å². The van der Waals surface area contributed by atoms with Crippen LogP contribution in [0.4, 0.5) is 0 Å². The SMILES string of the molecule is CC(C)CC(C)(O)CNS(=O)(=O)c1ccc(Br)s1. The summed E-state index contributed by atoms with van der Waals surface area (Å²) in [5.74, 6) is 0.306. The molecule has 1 aromatic heterocycles. The number of aliphatic hydroxyl groups is 1. The highest BCUT2D eigenvalue weighted by molar-refractivity contribution is 9.11. The largest absolute Gasteiger partial charge is 0.389 e. The zero-order valence-corrected chi connectivity index (χ0v) is 13.8. The fourth-order valence-electron chi connectivity index (χ4n) is 1.72. The van der Waals surface area contributed by atoms with Crippen LogP contribution in [0.15, 0.2) is 20.1 Å². The molecule has 1 rings (SSSR count). The first-order chi connectivity index (χ1) is 8.12. The summed E-state index contributed by atoms with van der Waals surface area (Å²) in [4.78, 5) is 0. The van der Waals surface area contributed by atoms with E-state index in [1.54, 1.807) is 13.0 Å². The normalized spacial score (nSPS) is 15.9. The molecule has 0 aliphatic rings. The van der Waals surface area contributed by atoms with Gasteiger partial charge < -0.3 is 5.11 Å². The number of thiophene rings is 1. The summed E-state index contributed by atoms with van der Waals surface area (Å²) < 4.78 is 27.3. The van der Waals surface area contributed by atoms with Crippen molar-refractivity contribution in [1.82, 2.24) is 4.72 Å². The molecule has 0 radical (unpaired) electrons. The van der Waals surface area contributed by atoms with Gasteiger partial charge in [0.2, 0.25) is 10.0 Å². The van der Waals surface area contributed by atoms with Crippen molar-refractivity contribution in [3.63, 3.8) is 0 Å². The molecule has 1 aromatic rings. The third-order valence-electron chi connectivity index (χ3n) is 2.30. The summed E-state index contributed by atoms with van der Waals surface area (Å²) in [5, 5.41) is 10.1. The Hall–Kier alpha value is 0.0500. The van der Waals surface area contributed by atoms with Gasteiger partial charge in [0.1, 0.15) is 4.21 Å². The summed E-state index contributed by atoms with van der Waals surface area (Å²) in [6, 6.07) is 3.22. The molecule has 0 saturated heterocycles. The predicted octanol–water partition coefficient (Wildman–Crippen LogP) is 2.59. The molecule has 7 heteroatoms. The minimum absolute atomic E-state index is 0.0169. The van der Waals surface area contributed by atoms with Gasteiger partial charge in [-0.25, -0.2) is 13.1 Å². The molecular formula is C11H18BrNO3S2. The van der Waals surface area contributed by atoms with Crippen LogP contribution in [-0.4, -0.2) is 25.7 Å². The van der Waals surface area contributed by atoms with Crippen molar-refractivity contribution in [2.24, 2.45) is 5.92 Å². The number of sulfonamides is 1. The Morgan fingerprint density at radius 3 is 2.56 bits per heavy atom. The van der Waals surface area contributed by atoms with E-state index < -0.39 is 15.6 Å². The molecule has 1 heterocycles. The van der Waals surface area contributed by atoms with Gasteiger partial charge in [-0.05, 0) is 47.3 Å². The molecule has 0 aliphatic carbocycles. The summed E-state index contributed by atoms with van der Waals surface area (Å²) in [5.41, 5.74) is -1.03. The Morgan fingerprint density at radius 2 is 2.11 bits per heavy atom. The number of nitrogens with one attached hydrogen (secondary N) is 1. The monoisotopic (exact) mass is 355 g/mol. The highest BCUT2D eigenvalue weighted by Gasteiger charge is 2.25. The molecule has 0 saturated carbocycles. The first-order valence-electron chi connectivity index (χ1n) is 5.60. The van der Waals surface area contributed by atoms with E-state index in [0.717, 1.165) is 15.1 Å². The quantitative estimate of drug-likeness (QED) is 0.823. The first kappa shape index (κ1) is 16.1. The van der Waals surface area contributed by atoms with Crippen molar-refractivity contribution < 1.29 is 13.5 Å². The first-order valence-corrected chi connectivity index (χ1v) is 8.69. The van der Waals surface area contributed by atoms with E-state index in [9.17, 15) is 13.5 Å². The van der Waals surface area contributed by atoms with Crippen molar-refractivity contribution >= 4 is 37.3 Å². The van der Waals surface area contributed by atoms with Crippen molar-refractivity contribution in [3.8, 4) is 0 Å². The van der Waals surface area contributed by atoms with Gasteiger partial charge in [-0.2, -0.15) is 0 Å². The smallest absolute Gasteiger partial charge is 0.250 e. The Kier molecular flexibility index (Phi) is 5.37. The second kappa shape index (κ2) is 6.00. The van der Waals surface area contributed by atoms with Crippen LogP contribution >= 0.6 is 27.3 Å². The van der Waals surface area contributed by atoms with Crippen LogP contribution in [0.1, 0.15) is 27.2 Å². The van der Waals surface area contributed by atoms with E-state index in [-0.39, 0.29) is 10.8 Å². The van der Waals surface area contributed by atoms with Crippen molar-refractivity contribution in [2.75, 3.05) is 6.54 Å². The van der Waals surface area contributed by atoms with Gasteiger partial charge in [-0.1, -0.05) is 13.8 Å². The van der Waals surface area contributed by atoms with Crippen LogP contribution < -0.4 is 4.72 Å². The Bertz CT molecular complexity index is 494. The van der Waals surface area contributed by atoms with Crippen LogP contribution in [0.3, 0.4) is 0 Å². The highest BCUT2D eigenvalue weighted by atomic mass is 79.9. The third kappa shape index (κ3) is 4.97. The van der Waals surface area contributed by atoms with E-state index in [1.165, 1.54) is 6.07 Å². The van der Waals surface area contributed by atoms with Crippen molar-refractivity contribution in [3.05, 3.63) is 15.9 Å². The number of hydrogen-bond acceptors (Lipinski definition) is 4. The molecule has 0 aliphatic heterocycles. The van der Waals surface area contributed by atoms with Crippen molar-refractivity contribution in [1.29, 1.82) is 0 Å². The van der Waals surface area contributed by atoms with Gasteiger partial charge in [-0.3, -0.25) is 0 Å². The summed E-state index contributed by atoms with van der Waals surface area (Å²) in [6.07, 6.45) is 0.545. The molecule has 1 atom stereocenters. The van der Waals surface area contributed by atoms with E-state index in [4.69, 9.17) is 0 Å². The summed E-state index contributed by atoms with van der Waals surface area (Å²) >= 11 is 4.37. The maximum Gasteiger partial charge on any atom is 0.250 e. The lowest BCUT2D eigenvalue weighted by molar-refractivity contribution is 0.0437. The topological polar surface area (TPSA) is 66.4 Å². The van der Waals surface area contributed by atoms with E-state index >= 15 is 0 Å². The van der Waals surface area contributed by atoms with E-state index in [0.29, 0.717) is 12.3 Å². The fourth-order valence-corrected chi connectivity index (χ4v) is 4.93. The van der Waals surface area contributed by atoms with E-state index in [2.05, 4.69) is 20.7 Å². The van der Waals surface area contributed by atoms with Gasteiger partial charge in [0.25, 0.3) is 0 Å². The van der Waals surface area contributed by atoms with Gasteiger partial charge in [0, 0.05) is 6.54 Å². The Labute approximate surface area is 121 Å². The molecule has 0 aromatic carbocycles. The molecule has 0 spiro atoms. The third-order valence-corrected chi connectivity index (χ3v) is 5.82. The number of hydrogen-bond donors (Lipinski definition) is 2. The number of rotatable bonds is 6. The maximum atomic E-state index is 11.9. The zero-order chi connectivity index (χ0) is 14.0. The number of halogens is 1. The average molecular weight is 356 g/mol. The van der Waals surface area contributed by atoms with Crippen LogP contribution in [0.25, 0.3) is 0 Å². The highest BCUT2D eigenvalue weighted by Crippen LogP contribution is 2.26. The lowest BCUT2D eigenvalue weighted by Crippen LogP contribution is -2.41. The van der Waals surface area contributed by atoms with Crippen LogP contribution in [0.2, 0.25) is 0 Å². The minimum Gasteiger partial charge on any atom is -0.389 e. The minimum atomic E-state index is -3.53. The zero-order valence-electron chi connectivity index (χ0n) is 10.6. The molecule has 18 heavy (non-hydrogen) atoms. The molecular weight excluding hydrogens is 338 g/mol. The summed E-state index contributed by atoms with van der Waals surface area (Å²) in [7, 11) is -3.53. The van der Waals surface area contributed by atoms with Crippen LogP contribution in [0.5, 0.6) is 0 Å². The van der Waals surface area contributed by atoms with Crippen molar-refractivity contribution in [2.45, 2.75) is 37.0 Å². The van der Waals surface area contributed by atoms with E-state index in [1.807, 2.05) is 13.8 Å². The predicted molar refractivity (Wildman–Crippen MR) is 77.3 cm³/mol. The Morgan fingerprint density at radius 1 is 1.50 bits per heavy atom. The Balaban J connectivity index is 2.68. The molecule has 0 fully saturated rings. The molecule has 4 nitrogen and oxygen atoms in total. The fraction of sp³-hybridized carbons (Fsp3) is 0.636. The second-order valence-electron chi connectivity index (χ2n) is 4.98. The van der Waals surface area contributed by atoms with Gasteiger partial charge >= 0.3 is 0 Å². The second-order valence-corrected chi connectivity index (χ2v) is 9.43. The summed E-state index contributed by atoms with van der Waals surface area (Å²) in [6.45, 7) is 5.63. The lowest BCUT2D eigenvalue weighted by Gasteiger charge is -2.25. The average Bonchev–Trinajstić information content (AvgIpc) is 2.61. The molecule has 2 N–H and O–H groups in total. The maximum absolute atomic E-state index is 11.9. The molecule has 0 amide bonds. The standard InChI is InChI=1S/C11H18BrNO3S2/c1-8(2)6-11(3,14)7-13-18(15,16)10-5-4-9(12)17-10/h4-5,8,13-14H,6-7H2,1-3H3. The lowest BCUT2D eigenvalue weighted by atomic mass is 9.95. The molecule has 0 bridgehead atoms. The molecule has 104 valence electrons. The molecule has 1 unspecified atom stereocenters.